The zero-order chi connectivity index (χ0) is 22.3. The van der Waals surface area contributed by atoms with E-state index in [9.17, 15) is 18.5 Å². The molecule has 0 saturated heterocycles. The number of hydrogen-bond acceptors (Lipinski definition) is 6. The van der Waals surface area contributed by atoms with Crippen molar-refractivity contribution in [2.24, 2.45) is 0 Å². The van der Waals surface area contributed by atoms with Gasteiger partial charge in [0, 0.05) is 30.9 Å². The predicted molar refractivity (Wildman–Crippen MR) is 122 cm³/mol. The van der Waals surface area contributed by atoms with Gasteiger partial charge in [-0.15, -0.1) is 0 Å². The Morgan fingerprint density at radius 2 is 1.73 bits per heavy atom. The molecule has 2 aromatic rings. The van der Waals surface area contributed by atoms with Crippen LogP contribution in [0.1, 0.15) is 26.3 Å². The molecule has 0 unspecified atom stereocenters. The van der Waals surface area contributed by atoms with E-state index in [1.165, 1.54) is 22.0 Å². The highest BCUT2D eigenvalue weighted by atomic mass is 32.2. The van der Waals surface area contributed by atoms with Gasteiger partial charge in [0.1, 0.15) is 4.90 Å². The van der Waals surface area contributed by atoms with Crippen LogP contribution in [0, 0.1) is 10.1 Å². The average Bonchev–Trinajstić information content (AvgIpc) is 2.73. The van der Waals surface area contributed by atoms with Gasteiger partial charge in [-0.05, 0) is 42.4 Å². The number of benzene rings is 2. The number of sulfonamides is 1. The summed E-state index contributed by atoms with van der Waals surface area (Å²) in [5.41, 5.74) is 7.27. The summed E-state index contributed by atoms with van der Waals surface area (Å²) >= 11 is 5.24. The summed E-state index contributed by atoms with van der Waals surface area (Å²) in [5, 5.41) is 14.3. The lowest BCUT2D eigenvalue weighted by molar-refractivity contribution is -0.385. The summed E-state index contributed by atoms with van der Waals surface area (Å²) in [4.78, 5) is 10.3. The van der Waals surface area contributed by atoms with Crippen LogP contribution in [0.2, 0.25) is 0 Å². The summed E-state index contributed by atoms with van der Waals surface area (Å²) in [6.45, 7) is 5.94. The third kappa shape index (κ3) is 5.65. The molecule has 0 aliphatic heterocycles. The molecule has 0 spiro atoms. The van der Waals surface area contributed by atoms with Crippen molar-refractivity contribution in [2.75, 3.05) is 23.8 Å². The van der Waals surface area contributed by atoms with Crippen LogP contribution in [-0.4, -0.2) is 35.8 Å². The summed E-state index contributed by atoms with van der Waals surface area (Å²) in [6.07, 6.45) is 0.925. The summed E-state index contributed by atoms with van der Waals surface area (Å²) < 4.78 is 27.2. The zero-order valence-corrected chi connectivity index (χ0v) is 18.6. The van der Waals surface area contributed by atoms with Crippen LogP contribution in [0.3, 0.4) is 0 Å². The number of non-ortho nitro benzene ring substituents is 1. The molecular formula is C19H25N5O4S2. The van der Waals surface area contributed by atoms with Gasteiger partial charge in [0.05, 0.1) is 10.6 Å². The lowest BCUT2D eigenvalue weighted by atomic mass is 10.1. The van der Waals surface area contributed by atoms with E-state index in [0.29, 0.717) is 0 Å². The number of hydrazine groups is 1. The number of nitrogens with zero attached hydrogens (tertiary/aromatic N) is 2. The van der Waals surface area contributed by atoms with Crippen LogP contribution in [-0.2, 0) is 16.4 Å². The number of nitro groups is 1. The number of nitro benzene ring substituents is 1. The Morgan fingerprint density at radius 1 is 1.10 bits per heavy atom. The smallest absolute Gasteiger partial charge is 0.270 e. The maximum absolute atomic E-state index is 13.0. The Balaban J connectivity index is 2.23. The first-order valence-corrected chi connectivity index (χ1v) is 11.3. The minimum absolute atomic E-state index is 0.151. The van der Waals surface area contributed by atoms with Gasteiger partial charge in [-0.2, -0.15) is 4.31 Å². The Bertz CT molecular complexity index is 1010. The van der Waals surface area contributed by atoms with Crippen LogP contribution in [0.4, 0.5) is 17.1 Å². The van der Waals surface area contributed by atoms with Crippen LogP contribution in [0.25, 0.3) is 0 Å². The van der Waals surface area contributed by atoms with E-state index in [0.717, 1.165) is 18.2 Å². The first-order valence-electron chi connectivity index (χ1n) is 9.43. The molecule has 3 N–H and O–H groups in total. The average molecular weight is 452 g/mol. The lowest BCUT2D eigenvalue weighted by Gasteiger charge is -2.21. The highest BCUT2D eigenvalue weighted by Crippen LogP contribution is 2.28. The fourth-order valence-corrected chi connectivity index (χ4v) is 4.55. The molecule has 0 heterocycles. The minimum atomic E-state index is -3.94. The van der Waals surface area contributed by atoms with E-state index in [1.54, 1.807) is 13.8 Å². The van der Waals surface area contributed by atoms with E-state index in [2.05, 4.69) is 23.1 Å². The molecule has 2 aromatic carbocycles. The van der Waals surface area contributed by atoms with Crippen molar-refractivity contribution >= 4 is 44.4 Å². The minimum Gasteiger partial charge on any atom is -0.331 e. The maximum Gasteiger partial charge on any atom is 0.270 e. The molecule has 0 atom stereocenters. The van der Waals surface area contributed by atoms with Crippen LogP contribution < -0.4 is 16.2 Å². The molecule has 30 heavy (non-hydrogen) atoms. The van der Waals surface area contributed by atoms with Gasteiger partial charge in [0.15, 0.2) is 5.11 Å². The zero-order valence-electron chi connectivity index (χ0n) is 17.0. The summed E-state index contributed by atoms with van der Waals surface area (Å²) in [5.74, 6) is 0. The summed E-state index contributed by atoms with van der Waals surface area (Å²) in [6, 6.07) is 11.3. The fourth-order valence-electron chi connectivity index (χ4n) is 2.75. The Hall–Kier alpha value is -2.76. The van der Waals surface area contributed by atoms with Crippen molar-refractivity contribution in [1.29, 1.82) is 0 Å². The van der Waals surface area contributed by atoms with Crippen LogP contribution in [0.5, 0.6) is 0 Å². The van der Waals surface area contributed by atoms with Gasteiger partial charge in [0.2, 0.25) is 10.0 Å². The molecule has 0 saturated carbocycles. The second-order valence-corrected chi connectivity index (χ2v) is 8.60. The Morgan fingerprint density at radius 3 is 2.27 bits per heavy atom. The molecule has 0 aliphatic carbocycles. The van der Waals surface area contributed by atoms with E-state index in [-0.39, 0.29) is 34.5 Å². The van der Waals surface area contributed by atoms with E-state index in [1.807, 2.05) is 24.3 Å². The normalized spacial score (nSPS) is 11.2. The number of anilines is 2. The molecular weight excluding hydrogens is 426 g/mol. The lowest BCUT2D eigenvalue weighted by Crippen LogP contribution is -2.35. The Labute approximate surface area is 181 Å². The predicted octanol–water partition coefficient (Wildman–Crippen LogP) is 3.50. The number of hydrogen-bond donors (Lipinski definition) is 3. The first kappa shape index (κ1) is 23.5. The van der Waals surface area contributed by atoms with Crippen molar-refractivity contribution in [2.45, 2.75) is 32.1 Å². The number of nitrogens with one attached hydrogen (secondary N) is 3. The second kappa shape index (κ2) is 10.3. The third-order valence-electron chi connectivity index (χ3n) is 4.43. The topological polar surface area (TPSA) is 117 Å². The third-order valence-corrected chi connectivity index (χ3v) is 6.72. The van der Waals surface area contributed by atoms with E-state index < -0.39 is 14.9 Å². The fraction of sp³-hybridized carbons (Fsp3) is 0.316. The molecule has 162 valence electrons. The van der Waals surface area contributed by atoms with Crippen molar-refractivity contribution in [3.05, 3.63) is 58.1 Å². The van der Waals surface area contributed by atoms with E-state index >= 15 is 0 Å². The van der Waals surface area contributed by atoms with E-state index in [4.69, 9.17) is 12.2 Å². The highest BCUT2D eigenvalue weighted by Gasteiger charge is 2.27. The van der Waals surface area contributed by atoms with Crippen LogP contribution in [0.15, 0.2) is 47.4 Å². The molecule has 11 heteroatoms. The molecule has 0 fully saturated rings. The molecule has 0 aromatic heterocycles. The summed E-state index contributed by atoms with van der Waals surface area (Å²) in [7, 11) is -3.94. The first-order chi connectivity index (χ1) is 14.2. The standard InChI is InChI=1S/C19H25N5O4S2/c1-4-14-7-9-15(10-8-14)20-19(29)22-21-17-12-11-16(24(25)26)13-18(17)30(27,28)23(5-2)6-3/h7-13,21H,4-6H2,1-3H3,(H2,20,22,29). The molecule has 0 aliphatic rings. The molecule has 0 bridgehead atoms. The number of thiocarbonyl (C=S) groups is 1. The molecule has 9 nitrogen and oxygen atoms in total. The van der Waals surface area contributed by atoms with Crippen molar-refractivity contribution < 1.29 is 13.3 Å². The van der Waals surface area contributed by atoms with Gasteiger partial charge < -0.3 is 5.32 Å². The molecule has 0 amide bonds. The van der Waals surface area contributed by atoms with Gasteiger partial charge in [-0.3, -0.25) is 21.0 Å². The number of aryl methyl sites for hydroxylation is 1. The van der Waals surface area contributed by atoms with Crippen LogP contribution >= 0.6 is 12.2 Å². The Kier molecular flexibility index (Phi) is 8.09. The molecule has 2 rings (SSSR count). The van der Waals surface area contributed by atoms with Gasteiger partial charge >= 0.3 is 0 Å². The molecule has 0 radical (unpaired) electrons. The monoisotopic (exact) mass is 451 g/mol. The SMILES string of the molecule is CCc1ccc(NC(=S)NNc2ccc([N+](=O)[O-])cc2S(=O)(=O)N(CC)CC)cc1. The van der Waals surface area contributed by atoms with Gasteiger partial charge in [-0.25, -0.2) is 8.42 Å². The quantitative estimate of drug-likeness (QED) is 0.301. The van der Waals surface area contributed by atoms with Gasteiger partial charge in [-0.1, -0.05) is 32.9 Å². The largest absolute Gasteiger partial charge is 0.331 e. The number of rotatable bonds is 9. The van der Waals surface area contributed by atoms with Crippen molar-refractivity contribution in [3.63, 3.8) is 0 Å². The highest BCUT2D eigenvalue weighted by molar-refractivity contribution is 7.89. The second-order valence-electron chi connectivity index (χ2n) is 6.28. The van der Waals surface area contributed by atoms with Gasteiger partial charge in [0.25, 0.3) is 5.69 Å². The van der Waals surface area contributed by atoms with Crippen molar-refractivity contribution in [1.82, 2.24) is 9.73 Å². The van der Waals surface area contributed by atoms with Crippen molar-refractivity contribution in [3.8, 4) is 0 Å². The maximum atomic E-state index is 13.0.